The van der Waals surface area contributed by atoms with Gasteiger partial charge < -0.3 is 9.88 Å². The SMILES string of the molecule is C/C=C(\C)CN1CCc2nnc(CCNC(=O)c3ccc(F)cc3)n2CC1. The van der Waals surface area contributed by atoms with Crippen LogP contribution in [-0.4, -0.2) is 51.8 Å². The smallest absolute Gasteiger partial charge is 0.251 e. The Balaban J connectivity index is 1.54. The molecule has 0 spiro atoms. The fraction of sp³-hybridized carbons (Fsp3) is 0.450. The third-order valence-corrected chi connectivity index (χ3v) is 4.90. The maximum atomic E-state index is 12.9. The second kappa shape index (κ2) is 8.90. The number of carbonyl (C=O) groups excluding carboxylic acids is 1. The number of fused-ring (bicyclic) bond motifs is 1. The molecule has 1 aliphatic rings. The topological polar surface area (TPSA) is 63.1 Å². The predicted molar refractivity (Wildman–Crippen MR) is 102 cm³/mol. The highest BCUT2D eigenvalue weighted by atomic mass is 19.1. The fourth-order valence-electron chi connectivity index (χ4n) is 3.21. The normalized spacial score (nSPS) is 15.3. The van der Waals surface area contributed by atoms with E-state index < -0.39 is 0 Å². The van der Waals surface area contributed by atoms with Gasteiger partial charge in [-0.2, -0.15) is 0 Å². The predicted octanol–water partition coefficient (Wildman–Crippen LogP) is 2.21. The van der Waals surface area contributed by atoms with Crippen LogP contribution >= 0.6 is 0 Å². The van der Waals surface area contributed by atoms with Gasteiger partial charge >= 0.3 is 0 Å². The molecule has 0 aliphatic carbocycles. The summed E-state index contributed by atoms with van der Waals surface area (Å²) in [4.78, 5) is 14.5. The van der Waals surface area contributed by atoms with Gasteiger partial charge in [0.25, 0.3) is 5.91 Å². The summed E-state index contributed by atoms with van der Waals surface area (Å²) in [6, 6.07) is 5.53. The highest BCUT2D eigenvalue weighted by Gasteiger charge is 2.18. The second-order valence-corrected chi connectivity index (χ2v) is 6.86. The lowest BCUT2D eigenvalue weighted by Crippen LogP contribution is -2.29. The van der Waals surface area contributed by atoms with E-state index in [1.807, 2.05) is 0 Å². The van der Waals surface area contributed by atoms with Crippen molar-refractivity contribution in [2.75, 3.05) is 26.2 Å². The molecule has 0 saturated carbocycles. The molecule has 0 atom stereocenters. The van der Waals surface area contributed by atoms with Crippen LogP contribution in [0.1, 0.15) is 35.9 Å². The van der Waals surface area contributed by atoms with E-state index in [0.717, 1.165) is 44.2 Å². The molecular weight excluding hydrogens is 345 g/mol. The van der Waals surface area contributed by atoms with E-state index in [4.69, 9.17) is 0 Å². The molecule has 0 fully saturated rings. The Bertz CT molecular complexity index is 812. The fourth-order valence-corrected chi connectivity index (χ4v) is 3.21. The maximum Gasteiger partial charge on any atom is 0.251 e. The third-order valence-electron chi connectivity index (χ3n) is 4.90. The lowest BCUT2D eigenvalue weighted by atomic mass is 10.2. The standard InChI is InChI=1S/C20H26FN5O/c1-3-15(2)14-25-11-9-19-24-23-18(26(19)13-12-25)8-10-22-20(27)16-4-6-17(21)7-5-16/h3-7H,8-14H2,1-2H3,(H,22,27)/b15-3+. The number of aromatic nitrogens is 3. The van der Waals surface area contributed by atoms with E-state index in [-0.39, 0.29) is 11.7 Å². The molecule has 3 rings (SSSR count). The molecule has 27 heavy (non-hydrogen) atoms. The zero-order valence-corrected chi connectivity index (χ0v) is 15.9. The number of nitrogens with zero attached hydrogens (tertiary/aromatic N) is 4. The number of amides is 1. The summed E-state index contributed by atoms with van der Waals surface area (Å²) in [7, 11) is 0. The Labute approximate surface area is 159 Å². The molecule has 2 aromatic rings. The monoisotopic (exact) mass is 371 g/mol. The molecule has 7 heteroatoms. The van der Waals surface area contributed by atoms with Crippen LogP contribution in [0.15, 0.2) is 35.9 Å². The van der Waals surface area contributed by atoms with E-state index in [1.54, 1.807) is 0 Å². The average molecular weight is 371 g/mol. The van der Waals surface area contributed by atoms with Crippen molar-refractivity contribution in [3.8, 4) is 0 Å². The van der Waals surface area contributed by atoms with Crippen molar-refractivity contribution in [2.45, 2.75) is 33.2 Å². The molecule has 0 saturated heterocycles. The first-order valence-corrected chi connectivity index (χ1v) is 9.35. The van der Waals surface area contributed by atoms with Crippen LogP contribution in [0.25, 0.3) is 0 Å². The Morgan fingerprint density at radius 2 is 2.00 bits per heavy atom. The molecule has 144 valence electrons. The summed E-state index contributed by atoms with van der Waals surface area (Å²) in [5.74, 6) is 1.35. The van der Waals surface area contributed by atoms with Gasteiger partial charge in [0.15, 0.2) is 0 Å². The summed E-state index contributed by atoms with van der Waals surface area (Å²) in [6.07, 6.45) is 3.65. The van der Waals surface area contributed by atoms with Gasteiger partial charge in [0, 0.05) is 51.1 Å². The van der Waals surface area contributed by atoms with Crippen molar-refractivity contribution in [3.63, 3.8) is 0 Å². The number of rotatable bonds is 6. The zero-order valence-electron chi connectivity index (χ0n) is 15.9. The van der Waals surface area contributed by atoms with Crippen molar-refractivity contribution >= 4 is 5.91 Å². The molecule has 2 heterocycles. The molecule has 0 bridgehead atoms. The van der Waals surface area contributed by atoms with Crippen molar-refractivity contribution in [1.29, 1.82) is 0 Å². The van der Waals surface area contributed by atoms with Gasteiger partial charge in [-0.05, 0) is 38.1 Å². The highest BCUT2D eigenvalue weighted by molar-refractivity contribution is 5.94. The number of hydrogen-bond donors (Lipinski definition) is 1. The highest BCUT2D eigenvalue weighted by Crippen LogP contribution is 2.11. The van der Waals surface area contributed by atoms with Crippen molar-refractivity contribution < 1.29 is 9.18 Å². The van der Waals surface area contributed by atoms with Crippen LogP contribution in [0.5, 0.6) is 0 Å². The molecule has 1 N–H and O–H groups in total. The molecule has 1 aromatic carbocycles. The van der Waals surface area contributed by atoms with Gasteiger partial charge in [-0.1, -0.05) is 11.6 Å². The van der Waals surface area contributed by atoms with Gasteiger partial charge in [0.2, 0.25) is 0 Å². The number of benzene rings is 1. The summed E-state index contributed by atoms with van der Waals surface area (Å²) in [5.41, 5.74) is 1.82. The number of allylic oxidation sites excluding steroid dienone is 1. The first-order chi connectivity index (χ1) is 13.1. The van der Waals surface area contributed by atoms with Crippen LogP contribution in [0, 0.1) is 5.82 Å². The molecule has 0 unspecified atom stereocenters. The van der Waals surface area contributed by atoms with Crippen LogP contribution in [-0.2, 0) is 19.4 Å². The molecule has 6 nitrogen and oxygen atoms in total. The molecule has 1 aromatic heterocycles. The van der Waals surface area contributed by atoms with Crippen molar-refractivity contribution in [2.24, 2.45) is 0 Å². The number of nitrogens with one attached hydrogen (secondary N) is 1. The second-order valence-electron chi connectivity index (χ2n) is 6.86. The lowest BCUT2D eigenvalue weighted by molar-refractivity contribution is 0.0954. The minimum Gasteiger partial charge on any atom is -0.352 e. The van der Waals surface area contributed by atoms with Gasteiger partial charge in [-0.3, -0.25) is 9.69 Å². The average Bonchev–Trinajstić information content (AvgIpc) is 2.94. The van der Waals surface area contributed by atoms with Crippen LogP contribution < -0.4 is 5.32 Å². The minimum atomic E-state index is -0.351. The van der Waals surface area contributed by atoms with Crippen LogP contribution in [0.4, 0.5) is 4.39 Å². The van der Waals surface area contributed by atoms with Crippen LogP contribution in [0.2, 0.25) is 0 Å². The van der Waals surface area contributed by atoms with Crippen molar-refractivity contribution in [3.05, 3.63) is 58.9 Å². The molecule has 0 radical (unpaired) electrons. The summed E-state index contributed by atoms with van der Waals surface area (Å²) in [5, 5.41) is 11.5. The van der Waals surface area contributed by atoms with E-state index in [9.17, 15) is 9.18 Å². The Hall–Kier alpha value is -2.54. The Kier molecular flexibility index (Phi) is 6.34. The molecular formula is C20H26FN5O. The summed E-state index contributed by atoms with van der Waals surface area (Å²) < 4.78 is 15.1. The first kappa shape index (κ1) is 19.2. The maximum absolute atomic E-state index is 12.9. The van der Waals surface area contributed by atoms with Crippen LogP contribution in [0.3, 0.4) is 0 Å². The van der Waals surface area contributed by atoms with E-state index in [0.29, 0.717) is 18.5 Å². The number of hydrogen-bond acceptors (Lipinski definition) is 4. The zero-order chi connectivity index (χ0) is 19.2. The minimum absolute atomic E-state index is 0.210. The first-order valence-electron chi connectivity index (χ1n) is 9.35. The summed E-state index contributed by atoms with van der Waals surface area (Å²) in [6.45, 7) is 8.48. The van der Waals surface area contributed by atoms with E-state index in [2.05, 4.69) is 44.9 Å². The lowest BCUT2D eigenvalue weighted by Gasteiger charge is -2.19. The largest absolute Gasteiger partial charge is 0.352 e. The number of halogens is 1. The molecule has 1 aliphatic heterocycles. The third kappa shape index (κ3) is 5.01. The quantitative estimate of drug-likeness (QED) is 0.791. The summed E-state index contributed by atoms with van der Waals surface area (Å²) >= 11 is 0. The van der Waals surface area contributed by atoms with Gasteiger partial charge in [0.05, 0.1) is 0 Å². The Morgan fingerprint density at radius 1 is 1.22 bits per heavy atom. The Morgan fingerprint density at radius 3 is 2.74 bits per heavy atom. The van der Waals surface area contributed by atoms with Crippen molar-refractivity contribution in [1.82, 2.24) is 25.0 Å². The van der Waals surface area contributed by atoms with Gasteiger partial charge in [0.1, 0.15) is 17.5 Å². The molecule has 1 amide bonds. The number of carbonyl (C=O) groups is 1. The van der Waals surface area contributed by atoms with E-state index in [1.165, 1.54) is 29.8 Å². The van der Waals surface area contributed by atoms with Gasteiger partial charge in [-0.15, -0.1) is 10.2 Å². The van der Waals surface area contributed by atoms with Gasteiger partial charge in [-0.25, -0.2) is 4.39 Å². The van der Waals surface area contributed by atoms with E-state index >= 15 is 0 Å².